The van der Waals surface area contributed by atoms with Crippen molar-refractivity contribution in [3.63, 3.8) is 0 Å². The maximum atomic E-state index is 11.0. The van der Waals surface area contributed by atoms with Crippen molar-refractivity contribution in [2.24, 2.45) is 0 Å². The molecule has 22 heavy (non-hydrogen) atoms. The van der Waals surface area contributed by atoms with E-state index < -0.39 is 0 Å². The third kappa shape index (κ3) is 6.62. The Morgan fingerprint density at radius 2 is 2.09 bits per heavy atom. The van der Waals surface area contributed by atoms with Crippen LogP contribution in [0, 0.1) is 0 Å². The van der Waals surface area contributed by atoms with Gasteiger partial charge in [-0.05, 0) is 28.1 Å². The molecule has 2 aromatic rings. The van der Waals surface area contributed by atoms with Gasteiger partial charge in [-0.25, -0.2) is 4.98 Å². The fourth-order valence-corrected chi connectivity index (χ4v) is 4.13. The van der Waals surface area contributed by atoms with Gasteiger partial charge in [0.15, 0.2) is 5.13 Å². The number of anilines is 1. The van der Waals surface area contributed by atoms with Gasteiger partial charge in [0.1, 0.15) is 0 Å². The van der Waals surface area contributed by atoms with Gasteiger partial charge in [-0.3, -0.25) is 9.69 Å². The number of rotatable bonds is 7. The third-order valence-corrected chi connectivity index (χ3v) is 5.18. The van der Waals surface area contributed by atoms with E-state index in [1.54, 1.807) is 11.3 Å². The Labute approximate surface area is 152 Å². The lowest BCUT2D eigenvalue weighted by molar-refractivity contribution is -0.119. The smallest absolute Gasteiger partial charge is 0.216 e. The van der Waals surface area contributed by atoms with Crippen LogP contribution in [0.3, 0.4) is 0 Å². The van der Waals surface area contributed by atoms with Gasteiger partial charge in [0.05, 0.1) is 3.79 Å². The lowest BCUT2D eigenvalue weighted by Crippen LogP contribution is -2.33. The minimum atomic E-state index is -0.00384. The number of amides is 1. The minimum Gasteiger partial charge on any atom is -0.375 e. The molecule has 2 heterocycles. The van der Waals surface area contributed by atoms with Crippen LogP contribution < -0.4 is 11.1 Å². The molecule has 0 atom stereocenters. The molecule has 2 rings (SSSR count). The van der Waals surface area contributed by atoms with Crippen LogP contribution in [0.25, 0.3) is 0 Å². The average molecular weight is 426 g/mol. The topological polar surface area (TPSA) is 71.2 Å². The zero-order chi connectivity index (χ0) is 15.2. The molecule has 0 saturated heterocycles. The van der Waals surface area contributed by atoms with Gasteiger partial charge in [-0.1, -0.05) is 0 Å². The summed E-state index contributed by atoms with van der Waals surface area (Å²) in [6, 6.07) is 4.16. The monoisotopic (exact) mass is 424 g/mol. The lowest BCUT2D eigenvalue weighted by atomic mass is 10.3. The summed E-state index contributed by atoms with van der Waals surface area (Å²) in [7, 11) is 0. The molecule has 0 aliphatic heterocycles. The van der Waals surface area contributed by atoms with Gasteiger partial charge in [0.25, 0.3) is 0 Å². The van der Waals surface area contributed by atoms with Gasteiger partial charge in [0.2, 0.25) is 5.91 Å². The molecule has 3 N–H and O–H groups in total. The van der Waals surface area contributed by atoms with E-state index in [-0.39, 0.29) is 18.3 Å². The minimum absolute atomic E-state index is 0. The number of hydrogen-bond donors (Lipinski definition) is 2. The van der Waals surface area contributed by atoms with Crippen LogP contribution in [-0.4, -0.2) is 28.9 Å². The highest BCUT2D eigenvalue weighted by Gasteiger charge is 2.11. The van der Waals surface area contributed by atoms with Crippen LogP contribution in [0.1, 0.15) is 16.7 Å². The first-order chi connectivity index (χ1) is 10.0. The first kappa shape index (κ1) is 19.4. The van der Waals surface area contributed by atoms with Crippen molar-refractivity contribution < 1.29 is 4.79 Å². The number of hydrogen-bond acceptors (Lipinski definition) is 6. The van der Waals surface area contributed by atoms with Crippen LogP contribution >= 0.6 is 51.0 Å². The Hall–Kier alpha value is -0.670. The lowest BCUT2D eigenvalue weighted by Gasteiger charge is -2.20. The van der Waals surface area contributed by atoms with Crippen LogP contribution in [0.15, 0.2) is 22.1 Å². The Morgan fingerprint density at radius 3 is 2.64 bits per heavy atom. The summed E-state index contributed by atoms with van der Waals surface area (Å²) in [6.45, 7) is 4.57. The number of nitrogens with zero attached hydrogens (tertiary/aromatic N) is 2. The van der Waals surface area contributed by atoms with E-state index in [1.165, 1.54) is 23.1 Å². The number of thiophene rings is 1. The summed E-state index contributed by atoms with van der Waals surface area (Å²) in [5.74, 6) is -0.00384. The fraction of sp³-hybridized carbons (Fsp3) is 0.385. The molecule has 0 aliphatic rings. The second-order valence-electron chi connectivity index (χ2n) is 4.56. The first-order valence-electron chi connectivity index (χ1n) is 6.44. The molecule has 0 saturated carbocycles. The van der Waals surface area contributed by atoms with Crippen molar-refractivity contribution in [1.82, 2.24) is 15.2 Å². The molecule has 0 spiro atoms. The molecule has 5 nitrogen and oxygen atoms in total. The fourth-order valence-electron chi connectivity index (χ4n) is 1.88. The summed E-state index contributed by atoms with van der Waals surface area (Å²) in [6.07, 6.45) is 1.82. The summed E-state index contributed by atoms with van der Waals surface area (Å²) in [4.78, 5) is 19.8. The van der Waals surface area contributed by atoms with Gasteiger partial charge in [-0.2, -0.15) is 0 Å². The zero-order valence-electron chi connectivity index (χ0n) is 12.0. The molecule has 0 aromatic carbocycles. The highest BCUT2D eigenvalue weighted by Crippen LogP contribution is 2.24. The zero-order valence-corrected chi connectivity index (χ0v) is 16.1. The maximum Gasteiger partial charge on any atom is 0.216 e. The number of nitrogen functional groups attached to an aromatic ring is 1. The maximum absolute atomic E-state index is 11.0. The summed E-state index contributed by atoms with van der Waals surface area (Å²) in [5.41, 5.74) is 5.68. The van der Waals surface area contributed by atoms with Crippen molar-refractivity contribution >= 4 is 62.0 Å². The standard InChI is InChI=1S/C13H17BrN4OS2.ClH/c1-9(19)16-4-5-18(7-10-2-3-12(14)20-10)8-11-6-17-13(15)21-11;/h2-3,6H,4-5,7-8H2,1H3,(H2,15,17)(H,16,19);1H. The van der Waals surface area contributed by atoms with Crippen molar-refractivity contribution in [3.05, 3.63) is 31.9 Å². The molecule has 0 radical (unpaired) electrons. The van der Waals surface area contributed by atoms with Crippen LogP contribution in [0.4, 0.5) is 5.13 Å². The number of thiazole rings is 1. The largest absolute Gasteiger partial charge is 0.375 e. The van der Waals surface area contributed by atoms with Crippen LogP contribution in [-0.2, 0) is 17.9 Å². The molecule has 9 heteroatoms. The number of halogens is 2. The Balaban J connectivity index is 0.00000242. The molecule has 122 valence electrons. The van der Waals surface area contributed by atoms with E-state index >= 15 is 0 Å². The highest BCUT2D eigenvalue weighted by molar-refractivity contribution is 9.11. The Kier molecular flexibility index (Phi) is 8.34. The Morgan fingerprint density at radius 1 is 1.36 bits per heavy atom. The van der Waals surface area contributed by atoms with E-state index in [2.05, 4.69) is 43.3 Å². The van der Waals surface area contributed by atoms with Crippen LogP contribution in [0.2, 0.25) is 0 Å². The summed E-state index contributed by atoms with van der Waals surface area (Å²) >= 11 is 6.71. The highest BCUT2D eigenvalue weighted by atomic mass is 79.9. The van der Waals surface area contributed by atoms with E-state index in [1.807, 2.05) is 6.20 Å². The third-order valence-electron chi connectivity index (χ3n) is 2.76. The molecule has 0 fully saturated rings. The van der Waals surface area contributed by atoms with Crippen LogP contribution in [0.5, 0.6) is 0 Å². The van der Waals surface area contributed by atoms with Gasteiger partial charge < -0.3 is 11.1 Å². The number of aromatic nitrogens is 1. The average Bonchev–Trinajstić information content (AvgIpc) is 2.98. The van der Waals surface area contributed by atoms with Crippen molar-refractivity contribution in [2.75, 3.05) is 18.8 Å². The summed E-state index contributed by atoms with van der Waals surface area (Å²) < 4.78 is 1.13. The second kappa shape index (κ2) is 9.46. The van der Waals surface area contributed by atoms with E-state index in [4.69, 9.17) is 5.73 Å². The molecule has 0 unspecified atom stereocenters. The molecular formula is C13H18BrClN4OS2. The number of carbonyl (C=O) groups is 1. The molecule has 0 aliphatic carbocycles. The van der Waals surface area contributed by atoms with E-state index in [9.17, 15) is 4.79 Å². The van der Waals surface area contributed by atoms with Crippen molar-refractivity contribution in [1.29, 1.82) is 0 Å². The van der Waals surface area contributed by atoms with Gasteiger partial charge in [0, 0.05) is 49.1 Å². The van der Waals surface area contributed by atoms with E-state index in [0.717, 1.165) is 28.3 Å². The SMILES string of the molecule is CC(=O)NCCN(Cc1ccc(Br)s1)Cc1cnc(N)s1.Cl. The predicted molar refractivity (Wildman–Crippen MR) is 98.6 cm³/mol. The molecular weight excluding hydrogens is 408 g/mol. The van der Waals surface area contributed by atoms with E-state index in [0.29, 0.717) is 11.7 Å². The molecule has 0 bridgehead atoms. The normalized spacial score (nSPS) is 10.5. The predicted octanol–water partition coefficient (Wildman–Crippen LogP) is 3.11. The number of nitrogens with two attached hydrogens (primary N) is 1. The van der Waals surface area contributed by atoms with Crippen molar-refractivity contribution in [2.45, 2.75) is 20.0 Å². The number of nitrogens with one attached hydrogen (secondary N) is 1. The molecule has 2 aromatic heterocycles. The number of carbonyl (C=O) groups excluding carboxylic acids is 1. The first-order valence-corrected chi connectivity index (χ1v) is 8.86. The van der Waals surface area contributed by atoms with Gasteiger partial charge >= 0.3 is 0 Å². The quantitative estimate of drug-likeness (QED) is 0.715. The molecule has 1 amide bonds. The Bertz CT molecular complexity index is 562. The van der Waals surface area contributed by atoms with Gasteiger partial charge in [-0.15, -0.1) is 35.1 Å². The summed E-state index contributed by atoms with van der Waals surface area (Å²) in [5, 5.41) is 3.42. The second-order valence-corrected chi connectivity index (χ2v) is 8.26. The van der Waals surface area contributed by atoms with Crippen molar-refractivity contribution in [3.8, 4) is 0 Å².